The molecule has 0 spiro atoms. The number of fused-ring (bicyclic) bond motifs is 1. The summed E-state index contributed by atoms with van der Waals surface area (Å²) in [6.45, 7) is 2.34. The smallest absolute Gasteiger partial charge is 0.434 e. The van der Waals surface area contributed by atoms with E-state index in [2.05, 4.69) is 15.1 Å². The Balaban J connectivity index is 1.78. The maximum atomic E-state index is 12.8. The van der Waals surface area contributed by atoms with Gasteiger partial charge in [-0.3, -0.25) is 9.36 Å². The van der Waals surface area contributed by atoms with Crippen LogP contribution in [0.3, 0.4) is 0 Å². The second-order valence-corrected chi connectivity index (χ2v) is 6.63. The number of aromatic nitrogens is 5. The van der Waals surface area contributed by atoms with E-state index in [1.54, 1.807) is 28.6 Å². The van der Waals surface area contributed by atoms with E-state index in [0.717, 1.165) is 5.56 Å². The van der Waals surface area contributed by atoms with Gasteiger partial charge in [-0.2, -0.15) is 5.10 Å². The van der Waals surface area contributed by atoms with Crippen LogP contribution in [0.1, 0.15) is 12.5 Å². The lowest BCUT2D eigenvalue weighted by atomic mass is 10.2. The van der Waals surface area contributed by atoms with Crippen LogP contribution >= 0.6 is 11.6 Å². The van der Waals surface area contributed by atoms with Crippen molar-refractivity contribution in [1.82, 2.24) is 24.3 Å². The van der Waals surface area contributed by atoms with E-state index in [1.807, 2.05) is 24.3 Å². The summed E-state index contributed by atoms with van der Waals surface area (Å²) in [5.74, 6) is -0.170. The second-order valence-electron chi connectivity index (χ2n) is 6.24. The van der Waals surface area contributed by atoms with Crippen molar-refractivity contribution < 1.29 is 14.3 Å². The molecule has 0 aliphatic rings. The van der Waals surface area contributed by atoms with Gasteiger partial charge in [-0.1, -0.05) is 23.7 Å². The third-order valence-corrected chi connectivity index (χ3v) is 4.48. The molecule has 0 aliphatic heterocycles. The molecule has 0 fully saturated rings. The molecule has 3 aromatic heterocycles. The summed E-state index contributed by atoms with van der Waals surface area (Å²) < 4.78 is 13.2. The largest absolute Gasteiger partial charge is 0.514 e. The van der Waals surface area contributed by atoms with Crippen LogP contribution in [0.4, 0.5) is 4.79 Å². The highest BCUT2D eigenvalue weighted by Gasteiger charge is 2.16. The molecular weight excluding hydrogens is 410 g/mol. The quantitative estimate of drug-likeness (QED) is 0.357. The van der Waals surface area contributed by atoms with Crippen molar-refractivity contribution in [3.63, 3.8) is 0 Å². The van der Waals surface area contributed by atoms with Gasteiger partial charge in [0.25, 0.3) is 0 Å². The molecule has 9 nitrogen and oxygen atoms in total. The van der Waals surface area contributed by atoms with Crippen LogP contribution in [0.2, 0.25) is 5.15 Å². The van der Waals surface area contributed by atoms with Crippen molar-refractivity contribution in [2.75, 3.05) is 6.61 Å². The summed E-state index contributed by atoms with van der Waals surface area (Å²) >= 11 is 6.05. The molecule has 10 heteroatoms. The molecule has 152 valence electrons. The van der Waals surface area contributed by atoms with E-state index >= 15 is 0 Å². The average Bonchev–Trinajstić information content (AvgIpc) is 3.24. The Morgan fingerprint density at radius 1 is 1.17 bits per heavy atom. The van der Waals surface area contributed by atoms with Gasteiger partial charge in [0.15, 0.2) is 5.75 Å². The van der Waals surface area contributed by atoms with E-state index in [-0.39, 0.29) is 22.9 Å². The first-order valence-corrected chi connectivity index (χ1v) is 9.41. The zero-order valence-electron chi connectivity index (χ0n) is 15.9. The Bertz CT molecular complexity index is 1250. The minimum Gasteiger partial charge on any atom is -0.434 e. The highest BCUT2D eigenvalue weighted by atomic mass is 35.5. The molecule has 0 radical (unpaired) electrons. The number of hydrogen-bond acceptors (Lipinski definition) is 7. The summed E-state index contributed by atoms with van der Waals surface area (Å²) in [4.78, 5) is 32.7. The molecule has 30 heavy (non-hydrogen) atoms. The van der Waals surface area contributed by atoms with Crippen LogP contribution in [-0.2, 0) is 11.3 Å². The van der Waals surface area contributed by atoms with Gasteiger partial charge >= 0.3 is 6.16 Å². The predicted octanol–water partition coefficient (Wildman–Crippen LogP) is 3.21. The molecule has 0 atom stereocenters. The SMILES string of the molecule is CCOC(=O)Oc1cn(-c2ccc(Cn3cncn3)cc2)c2nc(Cl)ccc2c1=O. The second kappa shape index (κ2) is 8.34. The maximum Gasteiger partial charge on any atom is 0.514 e. The lowest BCUT2D eigenvalue weighted by Gasteiger charge is -2.13. The molecule has 0 saturated carbocycles. The summed E-state index contributed by atoms with van der Waals surface area (Å²) in [6.07, 6.45) is 3.55. The minimum atomic E-state index is -0.953. The van der Waals surface area contributed by atoms with E-state index < -0.39 is 11.6 Å². The van der Waals surface area contributed by atoms with Gasteiger partial charge < -0.3 is 9.47 Å². The van der Waals surface area contributed by atoms with Crippen LogP contribution in [0.15, 0.2) is 60.0 Å². The predicted molar refractivity (Wildman–Crippen MR) is 109 cm³/mol. The molecule has 4 rings (SSSR count). The molecule has 0 N–H and O–H groups in total. The average molecular weight is 426 g/mol. The van der Waals surface area contributed by atoms with Crippen molar-refractivity contribution in [3.05, 3.63) is 76.2 Å². The van der Waals surface area contributed by atoms with Crippen LogP contribution in [0.25, 0.3) is 16.7 Å². The van der Waals surface area contributed by atoms with Crippen molar-refractivity contribution in [2.45, 2.75) is 13.5 Å². The molecule has 4 aromatic rings. The van der Waals surface area contributed by atoms with Gasteiger partial charge in [0.1, 0.15) is 23.5 Å². The van der Waals surface area contributed by atoms with E-state index in [1.165, 1.54) is 18.6 Å². The van der Waals surface area contributed by atoms with Crippen molar-refractivity contribution in [2.24, 2.45) is 0 Å². The molecule has 0 amide bonds. The Labute approximate surface area is 175 Å². The molecule has 3 heterocycles. The Morgan fingerprint density at radius 3 is 2.67 bits per heavy atom. The number of benzene rings is 1. The number of rotatable bonds is 5. The summed E-state index contributed by atoms with van der Waals surface area (Å²) in [6, 6.07) is 10.6. The normalized spacial score (nSPS) is 10.9. The standard InChI is InChI=1S/C20H16ClN5O4/c1-2-29-20(28)30-16-10-26(19-15(18(16)27)7-8-17(21)24-19)14-5-3-13(4-6-14)9-25-12-22-11-23-25/h3-8,10-12H,2,9H2,1H3. The molecule has 1 aromatic carbocycles. The summed E-state index contributed by atoms with van der Waals surface area (Å²) in [7, 11) is 0. The number of pyridine rings is 2. The Morgan fingerprint density at radius 2 is 1.97 bits per heavy atom. The van der Waals surface area contributed by atoms with Crippen LogP contribution in [0, 0.1) is 0 Å². The highest BCUT2D eigenvalue weighted by molar-refractivity contribution is 6.29. The van der Waals surface area contributed by atoms with E-state index in [4.69, 9.17) is 21.1 Å². The molecule has 0 aliphatic carbocycles. The number of nitrogens with zero attached hydrogens (tertiary/aromatic N) is 5. The number of carbonyl (C=O) groups excluding carboxylic acids is 1. The molecular formula is C20H16ClN5O4. The Hall–Kier alpha value is -3.72. The highest BCUT2D eigenvalue weighted by Crippen LogP contribution is 2.21. The van der Waals surface area contributed by atoms with Crippen molar-refractivity contribution in [3.8, 4) is 11.4 Å². The van der Waals surface area contributed by atoms with Crippen LogP contribution < -0.4 is 10.2 Å². The fourth-order valence-electron chi connectivity index (χ4n) is 2.93. The van der Waals surface area contributed by atoms with Gasteiger partial charge in [-0.15, -0.1) is 0 Å². The Kier molecular flexibility index (Phi) is 5.44. The number of carbonyl (C=O) groups is 1. The number of halogens is 1. The fraction of sp³-hybridized carbons (Fsp3) is 0.150. The zero-order valence-corrected chi connectivity index (χ0v) is 16.6. The maximum absolute atomic E-state index is 12.8. The minimum absolute atomic E-state index is 0.130. The van der Waals surface area contributed by atoms with Gasteiger partial charge in [0.2, 0.25) is 5.43 Å². The van der Waals surface area contributed by atoms with Gasteiger partial charge in [0, 0.05) is 5.69 Å². The fourth-order valence-corrected chi connectivity index (χ4v) is 3.07. The topological polar surface area (TPSA) is 101 Å². The molecule has 0 saturated heterocycles. The van der Waals surface area contributed by atoms with Crippen LogP contribution in [-0.4, -0.2) is 37.1 Å². The van der Waals surface area contributed by atoms with Gasteiger partial charge in [-0.05, 0) is 36.8 Å². The summed E-state index contributed by atoms with van der Waals surface area (Å²) in [5, 5.41) is 4.58. The van der Waals surface area contributed by atoms with Crippen molar-refractivity contribution in [1.29, 1.82) is 0 Å². The number of ether oxygens (including phenoxy) is 2. The zero-order chi connectivity index (χ0) is 21.1. The summed E-state index contributed by atoms with van der Waals surface area (Å²) in [5.41, 5.74) is 1.56. The lowest BCUT2D eigenvalue weighted by Crippen LogP contribution is -2.18. The number of hydrogen-bond donors (Lipinski definition) is 0. The monoisotopic (exact) mass is 425 g/mol. The lowest BCUT2D eigenvalue weighted by molar-refractivity contribution is 0.104. The van der Waals surface area contributed by atoms with Gasteiger partial charge in [-0.25, -0.2) is 19.4 Å². The van der Waals surface area contributed by atoms with Crippen molar-refractivity contribution >= 4 is 28.8 Å². The third kappa shape index (κ3) is 4.01. The first-order chi connectivity index (χ1) is 14.5. The molecule has 0 bridgehead atoms. The van der Waals surface area contributed by atoms with Gasteiger partial charge in [0.05, 0.1) is 24.7 Å². The third-order valence-electron chi connectivity index (χ3n) is 4.27. The molecule has 0 unspecified atom stereocenters. The van der Waals surface area contributed by atoms with Crippen LogP contribution in [0.5, 0.6) is 5.75 Å². The first kappa shape index (κ1) is 19.6. The van der Waals surface area contributed by atoms with E-state index in [0.29, 0.717) is 17.9 Å². The first-order valence-electron chi connectivity index (χ1n) is 9.03. The van der Waals surface area contributed by atoms with E-state index in [9.17, 15) is 9.59 Å².